The number of nitriles is 1. The Labute approximate surface area is 95.9 Å². The largest absolute Gasteiger partial charge is 0.450 e. The molecule has 1 aliphatic rings. The maximum atomic E-state index is 11.5. The van der Waals surface area contributed by atoms with E-state index in [-0.39, 0.29) is 18.1 Å². The molecule has 1 fully saturated rings. The van der Waals surface area contributed by atoms with Crippen molar-refractivity contribution in [2.45, 2.75) is 26.4 Å². The zero-order valence-corrected chi connectivity index (χ0v) is 9.81. The van der Waals surface area contributed by atoms with Crippen LogP contribution in [0.3, 0.4) is 0 Å². The highest BCUT2D eigenvalue weighted by atomic mass is 16.6. The van der Waals surface area contributed by atoms with Crippen molar-refractivity contribution in [2.24, 2.45) is 5.92 Å². The van der Waals surface area contributed by atoms with Gasteiger partial charge in [0.1, 0.15) is 0 Å². The molecule has 0 saturated carbocycles. The van der Waals surface area contributed by atoms with Crippen LogP contribution >= 0.6 is 0 Å². The summed E-state index contributed by atoms with van der Waals surface area (Å²) in [5, 5.41) is 8.95. The van der Waals surface area contributed by atoms with Crippen molar-refractivity contribution in [3.63, 3.8) is 0 Å². The minimum atomic E-state index is -0.316. The van der Waals surface area contributed by atoms with Crippen molar-refractivity contribution < 1.29 is 14.3 Å². The number of hydrogen-bond acceptors (Lipinski definition) is 4. The minimum Gasteiger partial charge on any atom is -0.450 e. The van der Waals surface area contributed by atoms with Crippen molar-refractivity contribution in [1.82, 2.24) is 4.90 Å². The summed E-state index contributed by atoms with van der Waals surface area (Å²) in [7, 11) is 0. The van der Waals surface area contributed by atoms with Gasteiger partial charge in [0, 0.05) is 13.2 Å². The van der Waals surface area contributed by atoms with Gasteiger partial charge in [-0.1, -0.05) is 0 Å². The Kier molecular flexibility index (Phi) is 5.06. The highest BCUT2D eigenvalue weighted by molar-refractivity contribution is 5.67. The monoisotopic (exact) mass is 226 g/mol. The molecule has 0 N–H and O–H groups in total. The average molecular weight is 226 g/mol. The number of amides is 1. The predicted octanol–water partition coefficient (Wildman–Crippen LogP) is 1.39. The van der Waals surface area contributed by atoms with Crippen molar-refractivity contribution in [3.8, 4) is 6.07 Å². The van der Waals surface area contributed by atoms with Gasteiger partial charge in [0.15, 0.2) is 0 Å². The smallest absolute Gasteiger partial charge is 0.409 e. The zero-order valence-electron chi connectivity index (χ0n) is 9.81. The van der Waals surface area contributed by atoms with E-state index in [0.717, 1.165) is 0 Å². The first-order valence-corrected chi connectivity index (χ1v) is 5.65. The van der Waals surface area contributed by atoms with Gasteiger partial charge in [0.05, 0.1) is 31.2 Å². The molecule has 0 unspecified atom stereocenters. The van der Waals surface area contributed by atoms with Gasteiger partial charge in [-0.25, -0.2) is 4.79 Å². The van der Waals surface area contributed by atoms with Crippen LogP contribution < -0.4 is 0 Å². The van der Waals surface area contributed by atoms with Crippen molar-refractivity contribution in [1.29, 1.82) is 5.26 Å². The molecule has 2 atom stereocenters. The van der Waals surface area contributed by atoms with Gasteiger partial charge < -0.3 is 14.4 Å². The highest BCUT2D eigenvalue weighted by Crippen LogP contribution is 2.20. The fraction of sp³-hybridized carbons (Fsp3) is 0.818. The van der Waals surface area contributed by atoms with E-state index in [9.17, 15) is 4.79 Å². The molecule has 0 aromatic rings. The number of rotatable bonds is 3. The maximum Gasteiger partial charge on any atom is 0.409 e. The van der Waals surface area contributed by atoms with Gasteiger partial charge in [-0.05, 0) is 20.3 Å². The standard InChI is InChI=1S/C11H18N2O3/c1-3-15-10-8-13(11(14)16-4-2)6-5-9(10)7-12/h9-10H,3-6,8H2,1-2H3/t9-,10+/m1/s1. The molecule has 0 aromatic carbocycles. The Balaban J connectivity index is 2.55. The first kappa shape index (κ1) is 12.8. The van der Waals surface area contributed by atoms with Gasteiger partial charge >= 0.3 is 6.09 Å². The molecule has 5 heteroatoms. The molecule has 0 aliphatic carbocycles. The van der Waals surface area contributed by atoms with Crippen LogP contribution in [-0.2, 0) is 9.47 Å². The van der Waals surface area contributed by atoms with Crippen LogP contribution in [0.1, 0.15) is 20.3 Å². The average Bonchev–Trinajstić information content (AvgIpc) is 2.29. The molecule has 0 spiro atoms. The molecule has 1 rings (SSSR count). The Hall–Kier alpha value is -1.28. The highest BCUT2D eigenvalue weighted by Gasteiger charge is 2.32. The van der Waals surface area contributed by atoms with Gasteiger partial charge in [0.2, 0.25) is 0 Å². The van der Waals surface area contributed by atoms with Crippen LogP contribution in [0.4, 0.5) is 4.79 Å². The van der Waals surface area contributed by atoms with Crippen LogP contribution in [0.5, 0.6) is 0 Å². The summed E-state index contributed by atoms with van der Waals surface area (Å²) >= 11 is 0. The van der Waals surface area contributed by atoms with Gasteiger partial charge in [-0.2, -0.15) is 5.26 Å². The van der Waals surface area contributed by atoms with E-state index in [4.69, 9.17) is 14.7 Å². The molecular formula is C11H18N2O3. The lowest BCUT2D eigenvalue weighted by Crippen LogP contribution is -2.47. The number of nitrogens with zero attached hydrogens (tertiary/aromatic N) is 2. The number of likely N-dealkylation sites (tertiary alicyclic amines) is 1. The Morgan fingerprint density at radius 2 is 2.25 bits per heavy atom. The lowest BCUT2D eigenvalue weighted by Gasteiger charge is -2.34. The molecule has 1 heterocycles. The lowest BCUT2D eigenvalue weighted by atomic mass is 9.95. The molecular weight excluding hydrogens is 208 g/mol. The molecule has 5 nitrogen and oxygen atoms in total. The fourth-order valence-electron chi connectivity index (χ4n) is 1.83. The van der Waals surface area contributed by atoms with E-state index in [0.29, 0.717) is 32.7 Å². The second kappa shape index (κ2) is 6.33. The minimum absolute atomic E-state index is 0.120. The van der Waals surface area contributed by atoms with E-state index >= 15 is 0 Å². The third-order valence-electron chi connectivity index (χ3n) is 2.63. The number of ether oxygens (including phenoxy) is 2. The topological polar surface area (TPSA) is 62.6 Å². The van der Waals surface area contributed by atoms with Crippen LogP contribution in [0.2, 0.25) is 0 Å². The number of carbonyl (C=O) groups excluding carboxylic acids is 1. The summed E-state index contributed by atoms with van der Waals surface area (Å²) in [5.74, 6) is -0.120. The van der Waals surface area contributed by atoms with Gasteiger partial charge in [0.25, 0.3) is 0 Å². The molecule has 16 heavy (non-hydrogen) atoms. The summed E-state index contributed by atoms with van der Waals surface area (Å²) in [6, 6.07) is 2.23. The first-order valence-electron chi connectivity index (χ1n) is 5.65. The summed E-state index contributed by atoms with van der Waals surface area (Å²) in [5.41, 5.74) is 0. The van der Waals surface area contributed by atoms with Crippen LogP contribution in [0.15, 0.2) is 0 Å². The van der Waals surface area contributed by atoms with Crippen LogP contribution in [-0.4, -0.2) is 43.4 Å². The number of piperidine rings is 1. The van der Waals surface area contributed by atoms with Crippen molar-refractivity contribution in [3.05, 3.63) is 0 Å². The summed E-state index contributed by atoms with van der Waals surface area (Å²) < 4.78 is 10.4. The molecule has 1 aliphatic heterocycles. The molecule has 0 bridgehead atoms. The second-order valence-electron chi connectivity index (χ2n) is 3.66. The molecule has 0 aromatic heterocycles. The zero-order chi connectivity index (χ0) is 12.0. The predicted molar refractivity (Wildman–Crippen MR) is 57.7 cm³/mol. The Morgan fingerprint density at radius 3 is 2.81 bits per heavy atom. The fourth-order valence-corrected chi connectivity index (χ4v) is 1.83. The maximum absolute atomic E-state index is 11.5. The normalized spacial score (nSPS) is 24.9. The summed E-state index contributed by atoms with van der Waals surface area (Å²) in [4.78, 5) is 13.1. The Bertz CT molecular complexity index is 275. The summed E-state index contributed by atoms with van der Waals surface area (Å²) in [6.45, 7) is 5.61. The van der Waals surface area contributed by atoms with E-state index in [2.05, 4.69) is 6.07 Å². The second-order valence-corrected chi connectivity index (χ2v) is 3.66. The van der Waals surface area contributed by atoms with Crippen LogP contribution in [0.25, 0.3) is 0 Å². The molecule has 1 amide bonds. The number of hydrogen-bond donors (Lipinski definition) is 0. The van der Waals surface area contributed by atoms with Crippen molar-refractivity contribution in [2.75, 3.05) is 26.3 Å². The number of carbonyl (C=O) groups is 1. The van der Waals surface area contributed by atoms with E-state index < -0.39 is 0 Å². The molecule has 0 radical (unpaired) electrons. The van der Waals surface area contributed by atoms with Crippen LogP contribution in [0, 0.1) is 17.2 Å². The summed E-state index contributed by atoms with van der Waals surface area (Å²) in [6.07, 6.45) is 0.150. The Morgan fingerprint density at radius 1 is 1.50 bits per heavy atom. The van der Waals surface area contributed by atoms with Gasteiger partial charge in [-0.3, -0.25) is 0 Å². The third-order valence-corrected chi connectivity index (χ3v) is 2.63. The molecule has 1 saturated heterocycles. The van der Waals surface area contributed by atoms with E-state index in [1.807, 2.05) is 6.92 Å². The van der Waals surface area contributed by atoms with Gasteiger partial charge in [-0.15, -0.1) is 0 Å². The van der Waals surface area contributed by atoms with E-state index in [1.54, 1.807) is 11.8 Å². The quantitative estimate of drug-likeness (QED) is 0.729. The van der Waals surface area contributed by atoms with E-state index in [1.165, 1.54) is 0 Å². The first-order chi connectivity index (χ1) is 7.72. The SMILES string of the molecule is CCOC(=O)N1CC[C@H](C#N)[C@@H](OCC)C1. The third kappa shape index (κ3) is 3.11. The van der Waals surface area contributed by atoms with Crippen molar-refractivity contribution >= 4 is 6.09 Å². The lowest BCUT2D eigenvalue weighted by molar-refractivity contribution is -0.0160. The molecule has 90 valence electrons.